The Bertz CT molecular complexity index is 411. The third-order valence-corrected chi connectivity index (χ3v) is 5.16. The van der Waals surface area contributed by atoms with Crippen molar-refractivity contribution < 1.29 is 4.42 Å². The van der Waals surface area contributed by atoms with Crippen LogP contribution in [0.2, 0.25) is 0 Å². The molecule has 2 nitrogen and oxygen atoms in total. The Morgan fingerprint density at radius 3 is 2.56 bits per heavy atom. The topological polar surface area (TPSA) is 25.2 Å². The molecule has 3 rings (SSSR count). The van der Waals surface area contributed by atoms with Gasteiger partial charge in [-0.15, -0.1) is 0 Å². The van der Waals surface area contributed by atoms with Crippen molar-refractivity contribution in [2.24, 2.45) is 17.8 Å². The highest BCUT2D eigenvalue weighted by Gasteiger charge is 2.36. The molecule has 0 spiro atoms. The highest BCUT2D eigenvalue weighted by atomic mass is 16.3. The Kier molecular flexibility index (Phi) is 3.23. The van der Waals surface area contributed by atoms with Crippen molar-refractivity contribution in [2.45, 2.75) is 58.5 Å². The van der Waals surface area contributed by atoms with E-state index >= 15 is 0 Å². The van der Waals surface area contributed by atoms with Crippen LogP contribution in [0.5, 0.6) is 0 Å². The van der Waals surface area contributed by atoms with Crippen LogP contribution in [0.15, 0.2) is 16.5 Å². The van der Waals surface area contributed by atoms with Crippen molar-refractivity contribution in [3.63, 3.8) is 0 Å². The second-order valence-electron chi connectivity index (χ2n) is 6.52. The van der Waals surface area contributed by atoms with Crippen LogP contribution in [0, 0.1) is 17.8 Å². The first-order chi connectivity index (χ1) is 8.65. The maximum Gasteiger partial charge on any atom is 0.117 e. The fourth-order valence-corrected chi connectivity index (χ4v) is 3.29. The molecule has 5 atom stereocenters. The number of hydrogen-bond acceptors (Lipinski definition) is 2. The van der Waals surface area contributed by atoms with Gasteiger partial charge in [0.05, 0.1) is 6.54 Å². The number of hydrogen-bond donors (Lipinski definition) is 1. The number of nitrogens with one attached hydrogen (secondary N) is 1. The molecule has 1 N–H and O–H groups in total. The van der Waals surface area contributed by atoms with Gasteiger partial charge in [-0.05, 0) is 49.1 Å². The molecule has 0 saturated heterocycles. The Hall–Kier alpha value is -0.760. The summed E-state index contributed by atoms with van der Waals surface area (Å²) >= 11 is 0. The summed E-state index contributed by atoms with van der Waals surface area (Å²) in [4.78, 5) is 0. The quantitative estimate of drug-likeness (QED) is 0.872. The zero-order chi connectivity index (χ0) is 12.7. The lowest BCUT2D eigenvalue weighted by atomic mass is 9.98. The van der Waals surface area contributed by atoms with Crippen LogP contribution in [0.1, 0.15) is 57.5 Å². The predicted octanol–water partition coefficient (Wildman–Crippen LogP) is 3.93. The fraction of sp³-hybridized carbons (Fsp3) is 0.750. The van der Waals surface area contributed by atoms with Gasteiger partial charge in [0.1, 0.15) is 11.5 Å². The molecule has 1 aromatic heterocycles. The van der Waals surface area contributed by atoms with E-state index in [1.54, 1.807) is 0 Å². The van der Waals surface area contributed by atoms with Crippen LogP contribution in [0.25, 0.3) is 0 Å². The van der Waals surface area contributed by atoms with Gasteiger partial charge in [0.25, 0.3) is 0 Å². The van der Waals surface area contributed by atoms with Gasteiger partial charge in [0.2, 0.25) is 0 Å². The SMILES string of the molecule is CC1CC1c1ccc(CNC2CCC(C)C2C)o1. The minimum Gasteiger partial charge on any atom is -0.464 e. The van der Waals surface area contributed by atoms with Crippen molar-refractivity contribution in [1.29, 1.82) is 0 Å². The smallest absolute Gasteiger partial charge is 0.117 e. The largest absolute Gasteiger partial charge is 0.464 e. The molecule has 0 bridgehead atoms. The van der Waals surface area contributed by atoms with Crippen molar-refractivity contribution in [3.05, 3.63) is 23.7 Å². The summed E-state index contributed by atoms with van der Waals surface area (Å²) < 4.78 is 5.94. The van der Waals surface area contributed by atoms with Gasteiger partial charge in [-0.25, -0.2) is 0 Å². The standard InChI is InChI=1S/C16H25NO/c1-10-4-6-15(12(10)3)17-9-13-5-7-16(18-13)14-8-11(14)2/h5,7,10-12,14-15,17H,4,6,8-9H2,1-3H3. The highest BCUT2D eigenvalue weighted by molar-refractivity contribution is 5.17. The van der Waals surface area contributed by atoms with Crippen LogP contribution in [0.4, 0.5) is 0 Å². The van der Waals surface area contributed by atoms with Gasteiger partial charge in [-0.3, -0.25) is 0 Å². The molecule has 2 aliphatic rings. The molecule has 5 unspecified atom stereocenters. The first kappa shape index (κ1) is 12.3. The van der Waals surface area contributed by atoms with E-state index in [0.717, 1.165) is 30.1 Å². The molecule has 2 aliphatic carbocycles. The third kappa shape index (κ3) is 2.35. The third-order valence-electron chi connectivity index (χ3n) is 5.16. The fourth-order valence-electron chi connectivity index (χ4n) is 3.29. The summed E-state index contributed by atoms with van der Waals surface area (Å²) in [6, 6.07) is 5.00. The summed E-state index contributed by atoms with van der Waals surface area (Å²) in [6.07, 6.45) is 3.98. The molecule has 100 valence electrons. The van der Waals surface area contributed by atoms with E-state index in [1.807, 2.05) is 0 Å². The molecule has 0 aliphatic heterocycles. The Morgan fingerprint density at radius 2 is 1.94 bits per heavy atom. The van der Waals surface area contributed by atoms with E-state index < -0.39 is 0 Å². The summed E-state index contributed by atoms with van der Waals surface area (Å²) in [7, 11) is 0. The summed E-state index contributed by atoms with van der Waals surface area (Å²) in [5, 5.41) is 3.67. The van der Waals surface area contributed by atoms with E-state index in [9.17, 15) is 0 Å². The molecule has 0 aromatic carbocycles. The molecule has 2 heteroatoms. The lowest BCUT2D eigenvalue weighted by Gasteiger charge is -2.18. The first-order valence-corrected chi connectivity index (χ1v) is 7.47. The molecule has 1 aromatic rings. The lowest BCUT2D eigenvalue weighted by Crippen LogP contribution is -2.31. The molecule has 1 heterocycles. The second kappa shape index (κ2) is 4.73. The minimum atomic E-state index is 0.674. The summed E-state index contributed by atoms with van der Waals surface area (Å²) in [5.74, 6) is 5.49. The van der Waals surface area contributed by atoms with Crippen molar-refractivity contribution in [3.8, 4) is 0 Å². The van der Waals surface area contributed by atoms with E-state index in [-0.39, 0.29) is 0 Å². The van der Waals surface area contributed by atoms with Crippen molar-refractivity contribution in [1.82, 2.24) is 5.32 Å². The maximum absolute atomic E-state index is 5.94. The van der Waals surface area contributed by atoms with Crippen LogP contribution in [-0.2, 0) is 6.54 Å². The van der Waals surface area contributed by atoms with Gasteiger partial charge in [0.15, 0.2) is 0 Å². The molecule has 18 heavy (non-hydrogen) atoms. The molecular weight excluding hydrogens is 222 g/mol. The highest BCUT2D eigenvalue weighted by Crippen LogP contribution is 2.47. The molecule has 2 saturated carbocycles. The first-order valence-electron chi connectivity index (χ1n) is 7.47. The normalized spacial score (nSPS) is 39.2. The molecule has 0 radical (unpaired) electrons. The van der Waals surface area contributed by atoms with Crippen LogP contribution in [0.3, 0.4) is 0 Å². The summed E-state index contributed by atoms with van der Waals surface area (Å²) in [6.45, 7) is 7.93. The van der Waals surface area contributed by atoms with Crippen molar-refractivity contribution in [2.75, 3.05) is 0 Å². The van der Waals surface area contributed by atoms with Gasteiger partial charge >= 0.3 is 0 Å². The van der Waals surface area contributed by atoms with Gasteiger partial charge in [-0.1, -0.05) is 20.8 Å². The molecular formula is C16H25NO. The van der Waals surface area contributed by atoms with E-state index in [1.165, 1.54) is 25.0 Å². The number of rotatable bonds is 4. The molecule has 2 fully saturated rings. The lowest BCUT2D eigenvalue weighted by molar-refractivity contribution is 0.352. The van der Waals surface area contributed by atoms with Crippen LogP contribution >= 0.6 is 0 Å². The van der Waals surface area contributed by atoms with Crippen LogP contribution in [-0.4, -0.2) is 6.04 Å². The van der Waals surface area contributed by atoms with Gasteiger partial charge < -0.3 is 9.73 Å². The number of furan rings is 1. The monoisotopic (exact) mass is 247 g/mol. The second-order valence-corrected chi connectivity index (χ2v) is 6.52. The van der Waals surface area contributed by atoms with Crippen molar-refractivity contribution >= 4 is 0 Å². The van der Waals surface area contributed by atoms with Crippen LogP contribution < -0.4 is 5.32 Å². The minimum absolute atomic E-state index is 0.674. The predicted molar refractivity (Wildman–Crippen MR) is 73.4 cm³/mol. The van der Waals surface area contributed by atoms with E-state index in [0.29, 0.717) is 12.0 Å². The summed E-state index contributed by atoms with van der Waals surface area (Å²) in [5.41, 5.74) is 0. The average molecular weight is 247 g/mol. The molecule has 0 amide bonds. The van der Waals surface area contributed by atoms with E-state index in [2.05, 4.69) is 38.2 Å². The zero-order valence-electron chi connectivity index (χ0n) is 11.8. The Balaban J connectivity index is 1.52. The van der Waals surface area contributed by atoms with E-state index in [4.69, 9.17) is 4.42 Å². The Labute approximate surface area is 110 Å². The van der Waals surface area contributed by atoms with Gasteiger partial charge in [-0.2, -0.15) is 0 Å². The Morgan fingerprint density at radius 1 is 1.17 bits per heavy atom. The van der Waals surface area contributed by atoms with Gasteiger partial charge in [0, 0.05) is 12.0 Å². The average Bonchev–Trinajstić information content (AvgIpc) is 2.78. The zero-order valence-corrected chi connectivity index (χ0v) is 11.8. The maximum atomic E-state index is 5.94.